The van der Waals surface area contributed by atoms with Crippen LogP contribution in [0.25, 0.3) is 0 Å². The van der Waals surface area contributed by atoms with Crippen LogP contribution < -0.4 is 9.47 Å². The van der Waals surface area contributed by atoms with E-state index in [1.807, 2.05) is 6.92 Å². The lowest BCUT2D eigenvalue weighted by Gasteiger charge is -2.09. The predicted molar refractivity (Wildman–Crippen MR) is 86.7 cm³/mol. The van der Waals surface area contributed by atoms with Gasteiger partial charge in [-0.25, -0.2) is 4.79 Å². The Kier molecular flexibility index (Phi) is 5.72. The SMILES string of the molecule is CCCOc1ccc(C(=O)Oc2ccc(C=O)cc2)cc1Br. The second-order valence-corrected chi connectivity index (χ2v) is 5.42. The maximum absolute atomic E-state index is 12.1. The van der Waals surface area contributed by atoms with E-state index < -0.39 is 5.97 Å². The standard InChI is InChI=1S/C17H15BrO4/c1-2-9-21-16-8-5-13(10-15(16)18)17(20)22-14-6-3-12(11-19)4-7-14/h3-8,10-11H,2,9H2,1H3. The van der Waals surface area contributed by atoms with Crippen molar-refractivity contribution in [1.29, 1.82) is 0 Å². The third-order valence-electron chi connectivity index (χ3n) is 2.86. The van der Waals surface area contributed by atoms with Crippen LogP contribution in [0.15, 0.2) is 46.9 Å². The molecule has 0 aliphatic rings. The van der Waals surface area contributed by atoms with E-state index in [2.05, 4.69) is 15.9 Å². The van der Waals surface area contributed by atoms with Gasteiger partial charge < -0.3 is 9.47 Å². The van der Waals surface area contributed by atoms with Crippen LogP contribution >= 0.6 is 15.9 Å². The summed E-state index contributed by atoms with van der Waals surface area (Å²) in [6.45, 7) is 2.64. The number of hydrogen-bond donors (Lipinski definition) is 0. The van der Waals surface area contributed by atoms with Gasteiger partial charge in [-0.3, -0.25) is 4.79 Å². The van der Waals surface area contributed by atoms with E-state index in [-0.39, 0.29) is 0 Å². The third-order valence-corrected chi connectivity index (χ3v) is 3.48. The summed E-state index contributed by atoms with van der Waals surface area (Å²) < 4.78 is 11.5. The van der Waals surface area contributed by atoms with E-state index in [0.717, 1.165) is 12.7 Å². The van der Waals surface area contributed by atoms with Gasteiger partial charge in [-0.2, -0.15) is 0 Å². The molecule has 0 unspecified atom stereocenters. The van der Waals surface area contributed by atoms with E-state index in [4.69, 9.17) is 9.47 Å². The largest absolute Gasteiger partial charge is 0.492 e. The molecule has 0 fully saturated rings. The van der Waals surface area contributed by atoms with Gasteiger partial charge in [-0.15, -0.1) is 0 Å². The molecule has 114 valence electrons. The number of hydrogen-bond acceptors (Lipinski definition) is 4. The highest BCUT2D eigenvalue weighted by Gasteiger charge is 2.11. The Hall–Kier alpha value is -2.14. The van der Waals surface area contributed by atoms with Gasteiger partial charge in [0, 0.05) is 5.56 Å². The van der Waals surface area contributed by atoms with E-state index >= 15 is 0 Å². The van der Waals surface area contributed by atoms with Crippen molar-refractivity contribution in [1.82, 2.24) is 0 Å². The van der Waals surface area contributed by atoms with Crippen LogP contribution in [-0.4, -0.2) is 18.9 Å². The van der Waals surface area contributed by atoms with Crippen LogP contribution in [0.2, 0.25) is 0 Å². The van der Waals surface area contributed by atoms with E-state index in [0.29, 0.717) is 33.7 Å². The van der Waals surface area contributed by atoms with Gasteiger partial charge in [-0.05, 0) is 64.8 Å². The molecule has 0 heterocycles. The monoisotopic (exact) mass is 362 g/mol. The Bertz CT molecular complexity index is 665. The predicted octanol–water partition coefficient (Wildman–Crippen LogP) is 4.27. The summed E-state index contributed by atoms with van der Waals surface area (Å²) in [4.78, 5) is 22.7. The molecule has 0 saturated carbocycles. The first-order chi connectivity index (χ1) is 10.6. The molecule has 2 rings (SSSR count). The summed E-state index contributed by atoms with van der Waals surface area (Å²) in [7, 11) is 0. The molecule has 5 heteroatoms. The molecule has 0 saturated heterocycles. The highest BCUT2D eigenvalue weighted by Crippen LogP contribution is 2.26. The molecule has 0 bridgehead atoms. The zero-order valence-corrected chi connectivity index (χ0v) is 13.6. The van der Waals surface area contributed by atoms with Crippen molar-refractivity contribution in [3.05, 3.63) is 58.1 Å². The topological polar surface area (TPSA) is 52.6 Å². The number of benzene rings is 2. The Balaban J connectivity index is 2.08. The molecule has 2 aromatic carbocycles. The molecule has 0 radical (unpaired) electrons. The van der Waals surface area contributed by atoms with Gasteiger partial charge in [0.1, 0.15) is 17.8 Å². The molecule has 0 amide bonds. The number of carbonyl (C=O) groups excluding carboxylic acids is 2. The average molecular weight is 363 g/mol. The molecule has 4 nitrogen and oxygen atoms in total. The molecule has 22 heavy (non-hydrogen) atoms. The summed E-state index contributed by atoms with van der Waals surface area (Å²) in [5.74, 6) is 0.605. The van der Waals surface area contributed by atoms with Crippen molar-refractivity contribution in [3.8, 4) is 11.5 Å². The number of rotatable bonds is 6. The molecular formula is C17H15BrO4. The molecule has 0 N–H and O–H groups in total. The third kappa shape index (κ3) is 4.18. The van der Waals surface area contributed by atoms with E-state index in [1.54, 1.807) is 42.5 Å². The highest BCUT2D eigenvalue weighted by atomic mass is 79.9. The molecule has 0 atom stereocenters. The fourth-order valence-corrected chi connectivity index (χ4v) is 2.23. The van der Waals surface area contributed by atoms with Gasteiger partial charge in [-0.1, -0.05) is 6.92 Å². The number of carbonyl (C=O) groups is 2. The number of halogens is 1. The molecule has 0 aromatic heterocycles. The van der Waals surface area contributed by atoms with Crippen LogP contribution in [-0.2, 0) is 0 Å². The Morgan fingerprint density at radius 1 is 1.18 bits per heavy atom. The van der Waals surface area contributed by atoms with Crippen molar-refractivity contribution in [2.75, 3.05) is 6.61 Å². The molecule has 0 aliphatic heterocycles. The molecular weight excluding hydrogens is 348 g/mol. The summed E-state index contributed by atoms with van der Waals surface area (Å²) in [5, 5.41) is 0. The lowest BCUT2D eigenvalue weighted by molar-refractivity contribution is 0.0734. The highest BCUT2D eigenvalue weighted by molar-refractivity contribution is 9.10. The van der Waals surface area contributed by atoms with Gasteiger partial charge in [0.15, 0.2) is 0 Å². The zero-order chi connectivity index (χ0) is 15.9. The van der Waals surface area contributed by atoms with Gasteiger partial charge in [0.2, 0.25) is 0 Å². The number of aldehydes is 1. The maximum Gasteiger partial charge on any atom is 0.343 e. The fraction of sp³-hybridized carbons (Fsp3) is 0.176. The lowest BCUT2D eigenvalue weighted by Crippen LogP contribution is -2.08. The first-order valence-electron chi connectivity index (χ1n) is 6.84. The van der Waals surface area contributed by atoms with Crippen molar-refractivity contribution in [2.24, 2.45) is 0 Å². The second-order valence-electron chi connectivity index (χ2n) is 4.57. The smallest absolute Gasteiger partial charge is 0.343 e. The quantitative estimate of drug-likeness (QED) is 0.437. The van der Waals surface area contributed by atoms with Gasteiger partial charge in [0.25, 0.3) is 0 Å². The minimum absolute atomic E-state index is 0.387. The van der Waals surface area contributed by atoms with Crippen LogP contribution in [0.4, 0.5) is 0 Å². The minimum atomic E-state index is -0.471. The summed E-state index contributed by atoms with van der Waals surface area (Å²) >= 11 is 3.38. The Morgan fingerprint density at radius 2 is 1.91 bits per heavy atom. The van der Waals surface area contributed by atoms with Gasteiger partial charge in [0.05, 0.1) is 16.6 Å². The molecule has 2 aromatic rings. The fourth-order valence-electron chi connectivity index (χ4n) is 1.74. The van der Waals surface area contributed by atoms with Crippen LogP contribution in [0.5, 0.6) is 11.5 Å². The van der Waals surface area contributed by atoms with Crippen molar-refractivity contribution in [2.45, 2.75) is 13.3 Å². The first kappa shape index (κ1) is 16.2. The van der Waals surface area contributed by atoms with Crippen molar-refractivity contribution in [3.63, 3.8) is 0 Å². The normalized spacial score (nSPS) is 10.1. The van der Waals surface area contributed by atoms with Crippen LogP contribution in [0.1, 0.15) is 34.1 Å². The summed E-state index contributed by atoms with van der Waals surface area (Å²) in [6, 6.07) is 11.4. The van der Waals surface area contributed by atoms with Crippen LogP contribution in [0, 0.1) is 0 Å². The maximum atomic E-state index is 12.1. The van der Waals surface area contributed by atoms with Crippen molar-refractivity contribution < 1.29 is 19.1 Å². The Morgan fingerprint density at radius 3 is 2.50 bits per heavy atom. The zero-order valence-electron chi connectivity index (χ0n) is 12.0. The summed E-state index contributed by atoms with van der Waals surface area (Å²) in [5.41, 5.74) is 0.940. The number of esters is 1. The molecule has 0 aliphatic carbocycles. The lowest BCUT2D eigenvalue weighted by atomic mass is 10.2. The van der Waals surface area contributed by atoms with E-state index in [9.17, 15) is 9.59 Å². The first-order valence-corrected chi connectivity index (χ1v) is 7.63. The average Bonchev–Trinajstić information content (AvgIpc) is 2.54. The molecule has 0 spiro atoms. The van der Waals surface area contributed by atoms with Crippen LogP contribution in [0.3, 0.4) is 0 Å². The second kappa shape index (κ2) is 7.75. The number of ether oxygens (including phenoxy) is 2. The van der Waals surface area contributed by atoms with E-state index in [1.165, 1.54) is 0 Å². The summed E-state index contributed by atoms with van der Waals surface area (Å²) in [6.07, 6.45) is 1.64. The van der Waals surface area contributed by atoms with Gasteiger partial charge >= 0.3 is 5.97 Å². The minimum Gasteiger partial charge on any atom is -0.492 e. The Labute approximate surface area is 137 Å². The van der Waals surface area contributed by atoms with Crippen molar-refractivity contribution >= 4 is 28.2 Å².